The van der Waals surface area contributed by atoms with Gasteiger partial charge in [-0.2, -0.15) is 0 Å². The van der Waals surface area contributed by atoms with E-state index in [1.807, 2.05) is 40.7 Å². The molecule has 0 bridgehead atoms. The number of allylic oxidation sites excluding steroid dienone is 6. The second kappa shape index (κ2) is 14.6. The summed E-state index contributed by atoms with van der Waals surface area (Å²) in [6.07, 6.45) is 5.50. The van der Waals surface area contributed by atoms with Gasteiger partial charge in [0.05, 0.1) is 0 Å². The highest BCUT2D eigenvalue weighted by molar-refractivity contribution is 5.92. The van der Waals surface area contributed by atoms with Gasteiger partial charge < -0.3 is 0 Å². The van der Waals surface area contributed by atoms with Crippen LogP contribution < -0.4 is 0 Å². The molecule has 0 aromatic carbocycles. The van der Waals surface area contributed by atoms with Crippen LogP contribution >= 0.6 is 0 Å². The van der Waals surface area contributed by atoms with E-state index in [2.05, 4.69) is 19.9 Å². The fourth-order valence-corrected chi connectivity index (χ4v) is 0.610. The lowest BCUT2D eigenvalue weighted by Gasteiger charge is -1.85. The normalized spacial score (nSPS) is 9.00. The van der Waals surface area contributed by atoms with E-state index in [9.17, 15) is 9.59 Å². The van der Waals surface area contributed by atoms with E-state index in [-0.39, 0.29) is 11.6 Å². The van der Waals surface area contributed by atoms with Gasteiger partial charge in [0.25, 0.3) is 0 Å². The minimum Gasteiger partial charge on any atom is -0.295 e. The predicted molar refractivity (Wildman–Crippen MR) is 85.3 cm³/mol. The summed E-state index contributed by atoms with van der Waals surface area (Å²) in [5, 5.41) is 0. The number of rotatable bonds is 2. The second-order valence-corrected chi connectivity index (χ2v) is 4.73. The number of Topliss-reactive ketones (excluding diaryl/α,β-unsaturated/α-hetero) is 1. The Kier molecular flexibility index (Phi) is 17.5. The molecule has 0 unspecified atom stereocenters. The van der Waals surface area contributed by atoms with Gasteiger partial charge in [-0.1, -0.05) is 23.3 Å². The third-order valence-corrected chi connectivity index (χ3v) is 2.06. The van der Waals surface area contributed by atoms with Crippen molar-refractivity contribution in [3.05, 3.63) is 34.9 Å². The van der Waals surface area contributed by atoms with Crippen molar-refractivity contribution in [2.24, 2.45) is 0 Å². The summed E-state index contributed by atoms with van der Waals surface area (Å²) in [6.45, 7) is 16.8. The van der Waals surface area contributed by atoms with Crippen molar-refractivity contribution < 1.29 is 9.59 Å². The summed E-state index contributed by atoms with van der Waals surface area (Å²) in [5.41, 5.74) is 3.28. The van der Waals surface area contributed by atoms with Crippen LogP contribution in [0.1, 0.15) is 62.3 Å². The monoisotopic (exact) mass is 266 g/mol. The molecule has 0 aliphatic carbocycles. The average molecular weight is 266 g/mol. The first-order valence-electron chi connectivity index (χ1n) is 6.47. The van der Waals surface area contributed by atoms with Gasteiger partial charge in [-0.25, -0.2) is 0 Å². The molecule has 0 atom stereocenters. The summed E-state index contributed by atoms with van der Waals surface area (Å²) in [5.74, 6) is 0.280. The highest BCUT2D eigenvalue weighted by atomic mass is 16.1. The maximum absolute atomic E-state index is 10.3. The topological polar surface area (TPSA) is 34.1 Å². The first-order chi connectivity index (χ1) is 8.58. The first kappa shape index (κ1) is 22.7. The molecular weight excluding hydrogens is 236 g/mol. The molecule has 0 aromatic rings. The van der Waals surface area contributed by atoms with Crippen molar-refractivity contribution in [3.8, 4) is 0 Å². The molecule has 2 nitrogen and oxygen atoms in total. The zero-order valence-electron chi connectivity index (χ0n) is 14.0. The molecule has 2 heteroatoms. The Morgan fingerprint density at radius 2 is 1.05 bits per heavy atom. The maximum atomic E-state index is 10.3. The number of ketones is 2. The Balaban J connectivity index is -0.000000206. The minimum absolute atomic E-state index is 0.125. The van der Waals surface area contributed by atoms with E-state index in [0.717, 1.165) is 11.1 Å². The number of hydrogen-bond donors (Lipinski definition) is 0. The molecule has 0 fully saturated rings. The van der Waals surface area contributed by atoms with Gasteiger partial charge in [-0.05, 0) is 74.0 Å². The third kappa shape index (κ3) is 31.5. The van der Waals surface area contributed by atoms with E-state index < -0.39 is 0 Å². The molecule has 0 saturated carbocycles. The SMILES string of the molecule is C/C=C(\C)C(C)=O.CC(=O)C=C(C)C.CC=C(C)C. The molecule has 0 N–H and O–H groups in total. The zero-order chi connectivity index (χ0) is 16.0. The summed E-state index contributed by atoms with van der Waals surface area (Å²) in [6, 6.07) is 0. The number of carbonyl (C=O) groups excluding carboxylic acids is 2. The standard InChI is InChI=1S/2C6H10O.C5H10/c1-5(2)4-6(3)7;1-4-5(2)6(3)7;1-4-5(2)3/h2*4H,1-3H3;4H,1-3H3/b;5-4+;. The molecule has 0 aliphatic rings. The van der Waals surface area contributed by atoms with E-state index >= 15 is 0 Å². The average Bonchev–Trinajstić information content (AvgIpc) is 2.27. The van der Waals surface area contributed by atoms with E-state index in [0.29, 0.717) is 0 Å². The van der Waals surface area contributed by atoms with Crippen molar-refractivity contribution in [3.63, 3.8) is 0 Å². The second-order valence-electron chi connectivity index (χ2n) is 4.73. The van der Waals surface area contributed by atoms with E-state index in [1.165, 1.54) is 5.57 Å². The molecule has 110 valence electrons. The molecule has 0 aliphatic heterocycles. The summed E-state index contributed by atoms with van der Waals surface area (Å²) < 4.78 is 0. The molecule has 0 spiro atoms. The maximum Gasteiger partial charge on any atom is 0.155 e. The van der Waals surface area contributed by atoms with Crippen LogP contribution in [0.25, 0.3) is 0 Å². The Morgan fingerprint density at radius 3 is 1.05 bits per heavy atom. The molecule has 0 saturated heterocycles. The van der Waals surface area contributed by atoms with Crippen LogP contribution in [0.3, 0.4) is 0 Å². The summed E-state index contributed by atoms with van der Waals surface area (Å²) >= 11 is 0. The van der Waals surface area contributed by atoms with Crippen LogP contribution in [0.15, 0.2) is 34.9 Å². The van der Waals surface area contributed by atoms with E-state index in [4.69, 9.17) is 0 Å². The quantitative estimate of drug-likeness (QED) is 0.517. The van der Waals surface area contributed by atoms with Crippen molar-refractivity contribution >= 4 is 11.6 Å². The predicted octanol–water partition coefficient (Wildman–Crippen LogP) is 5.06. The number of hydrogen-bond acceptors (Lipinski definition) is 2. The first-order valence-corrected chi connectivity index (χ1v) is 6.47. The van der Waals surface area contributed by atoms with Gasteiger partial charge in [0.15, 0.2) is 11.6 Å². The van der Waals surface area contributed by atoms with E-state index in [1.54, 1.807) is 19.9 Å². The van der Waals surface area contributed by atoms with Crippen molar-refractivity contribution in [2.45, 2.75) is 62.3 Å². The molecule has 0 amide bonds. The fraction of sp³-hybridized carbons (Fsp3) is 0.529. The Labute approximate surface area is 119 Å². The lowest BCUT2D eigenvalue weighted by atomic mass is 10.2. The number of carbonyl (C=O) groups is 2. The largest absolute Gasteiger partial charge is 0.295 e. The molecule has 0 aromatic heterocycles. The zero-order valence-corrected chi connectivity index (χ0v) is 14.0. The van der Waals surface area contributed by atoms with Gasteiger partial charge >= 0.3 is 0 Å². The van der Waals surface area contributed by atoms with Crippen molar-refractivity contribution in [1.82, 2.24) is 0 Å². The van der Waals surface area contributed by atoms with Gasteiger partial charge in [-0.15, -0.1) is 0 Å². The molecule has 0 radical (unpaired) electrons. The van der Waals surface area contributed by atoms with Crippen LogP contribution in [0.2, 0.25) is 0 Å². The smallest absolute Gasteiger partial charge is 0.155 e. The van der Waals surface area contributed by atoms with Crippen molar-refractivity contribution in [1.29, 1.82) is 0 Å². The Bertz CT molecular complexity index is 347. The fourth-order valence-electron chi connectivity index (χ4n) is 0.610. The summed E-state index contributed by atoms with van der Waals surface area (Å²) in [4.78, 5) is 20.5. The Morgan fingerprint density at radius 1 is 0.684 bits per heavy atom. The molecule has 19 heavy (non-hydrogen) atoms. The van der Waals surface area contributed by atoms with Crippen LogP contribution in [0.4, 0.5) is 0 Å². The molecule has 0 heterocycles. The van der Waals surface area contributed by atoms with Crippen molar-refractivity contribution in [2.75, 3.05) is 0 Å². The highest BCUT2D eigenvalue weighted by Gasteiger charge is 1.89. The van der Waals surface area contributed by atoms with Crippen LogP contribution in [0.5, 0.6) is 0 Å². The highest BCUT2D eigenvalue weighted by Crippen LogP contribution is 1.90. The van der Waals surface area contributed by atoms with Crippen LogP contribution in [0, 0.1) is 0 Å². The van der Waals surface area contributed by atoms with Crippen LogP contribution in [-0.2, 0) is 9.59 Å². The summed E-state index contributed by atoms with van der Waals surface area (Å²) in [7, 11) is 0. The van der Waals surface area contributed by atoms with Gasteiger partial charge in [0, 0.05) is 0 Å². The van der Waals surface area contributed by atoms with Gasteiger partial charge in [-0.3, -0.25) is 9.59 Å². The van der Waals surface area contributed by atoms with Crippen LogP contribution in [-0.4, -0.2) is 11.6 Å². The Hall–Kier alpha value is -1.44. The lowest BCUT2D eigenvalue weighted by Crippen LogP contribution is -1.88. The third-order valence-electron chi connectivity index (χ3n) is 2.06. The lowest BCUT2D eigenvalue weighted by molar-refractivity contribution is -0.114. The molecular formula is C17H30O2. The molecule has 0 rings (SSSR count). The minimum atomic E-state index is 0.125. The van der Waals surface area contributed by atoms with Gasteiger partial charge in [0.1, 0.15) is 0 Å². The van der Waals surface area contributed by atoms with Gasteiger partial charge in [0.2, 0.25) is 0 Å².